The number of amides is 1. The molecule has 0 radical (unpaired) electrons. The fraction of sp³-hybridized carbons (Fsp3) is 0.600. The fourth-order valence-electron chi connectivity index (χ4n) is 2.93. The summed E-state index contributed by atoms with van der Waals surface area (Å²) in [5.41, 5.74) is 0.445. The summed E-state index contributed by atoms with van der Waals surface area (Å²) in [6.45, 7) is 10.2. The molecule has 0 aliphatic carbocycles. The molecule has 0 saturated carbocycles. The Kier molecular flexibility index (Phi) is 9.84. The summed E-state index contributed by atoms with van der Waals surface area (Å²) in [6.07, 6.45) is 1.62. The molecular weight excluding hydrogens is 471 g/mol. The number of phenolic OH excluding ortho intramolecular Hbond substituents is 1. The molecule has 8 heteroatoms. The van der Waals surface area contributed by atoms with Crippen molar-refractivity contribution in [2.75, 3.05) is 19.6 Å². The molecule has 7 nitrogen and oxygen atoms in total. The first-order valence-corrected chi connectivity index (χ1v) is 9.57. The molecule has 158 valence electrons. The van der Waals surface area contributed by atoms with Crippen molar-refractivity contribution in [3.05, 3.63) is 29.8 Å². The van der Waals surface area contributed by atoms with Gasteiger partial charge in [0.15, 0.2) is 5.96 Å². The Morgan fingerprint density at radius 1 is 1.39 bits per heavy atom. The first-order chi connectivity index (χ1) is 12.8. The normalized spacial score (nSPS) is 17.5. The monoisotopic (exact) mass is 504 g/mol. The molecule has 1 aromatic carbocycles. The van der Waals surface area contributed by atoms with Crippen LogP contribution in [0.25, 0.3) is 0 Å². The molecule has 1 saturated heterocycles. The molecule has 1 aliphatic heterocycles. The number of carbonyl (C=O) groups is 1. The number of phenols is 1. The minimum absolute atomic E-state index is 0. The number of aromatic hydroxyl groups is 1. The lowest BCUT2D eigenvalue weighted by Crippen LogP contribution is -2.53. The Bertz CT molecular complexity index is 661. The van der Waals surface area contributed by atoms with Gasteiger partial charge >= 0.3 is 6.09 Å². The van der Waals surface area contributed by atoms with Gasteiger partial charge in [0.2, 0.25) is 0 Å². The number of piperidine rings is 1. The highest BCUT2D eigenvalue weighted by Crippen LogP contribution is 2.16. The van der Waals surface area contributed by atoms with Crippen LogP contribution < -0.4 is 10.6 Å². The molecule has 1 heterocycles. The smallest absolute Gasteiger partial charge is 0.410 e. The third-order valence-corrected chi connectivity index (χ3v) is 4.09. The van der Waals surface area contributed by atoms with Crippen LogP contribution >= 0.6 is 24.0 Å². The van der Waals surface area contributed by atoms with Crippen molar-refractivity contribution < 1.29 is 14.6 Å². The number of likely N-dealkylation sites (tertiary alicyclic amines) is 1. The van der Waals surface area contributed by atoms with Crippen LogP contribution in [-0.4, -0.2) is 53.3 Å². The number of guanidine groups is 1. The number of hydrogen-bond acceptors (Lipinski definition) is 4. The average molecular weight is 504 g/mol. The highest BCUT2D eigenvalue weighted by atomic mass is 127. The molecular formula is C20H33IN4O3. The van der Waals surface area contributed by atoms with Crippen molar-refractivity contribution in [1.82, 2.24) is 15.5 Å². The molecule has 3 N–H and O–H groups in total. The topological polar surface area (TPSA) is 86.2 Å². The molecule has 0 bridgehead atoms. The fourth-order valence-corrected chi connectivity index (χ4v) is 2.93. The van der Waals surface area contributed by atoms with Crippen molar-refractivity contribution in [2.24, 2.45) is 4.99 Å². The van der Waals surface area contributed by atoms with Crippen LogP contribution in [0.4, 0.5) is 4.79 Å². The van der Waals surface area contributed by atoms with Crippen LogP contribution in [0.3, 0.4) is 0 Å². The van der Waals surface area contributed by atoms with E-state index in [0.717, 1.165) is 24.9 Å². The van der Waals surface area contributed by atoms with Gasteiger partial charge in [-0.1, -0.05) is 12.1 Å². The molecule has 1 aliphatic rings. The summed E-state index contributed by atoms with van der Waals surface area (Å²) in [6, 6.07) is 7.20. The Hall–Kier alpha value is -1.71. The number of benzene rings is 1. The standard InChI is InChI=1S/C20H32N4O3.HI/c1-5-21-18(22-13-15-8-6-10-17(25)12-15)23-16-9-7-11-24(14-16)19(26)27-20(2,3)4;/h6,8,10,12,16,25H,5,7,9,11,13-14H2,1-4H3,(H2,21,22,23);1H. The average Bonchev–Trinajstić information content (AvgIpc) is 2.59. The highest BCUT2D eigenvalue weighted by Gasteiger charge is 2.28. The van der Waals surface area contributed by atoms with Crippen LogP contribution in [0.15, 0.2) is 29.3 Å². The van der Waals surface area contributed by atoms with E-state index in [2.05, 4.69) is 15.6 Å². The van der Waals surface area contributed by atoms with E-state index in [4.69, 9.17) is 4.74 Å². The maximum Gasteiger partial charge on any atom is 0.410 e. The summed E-state index contributed by atoms with van der Waals surface area (Å²) in [5.74, 6) is 0.942. The van der Waals surface area contributed by atoms with Crippen molar-refractivity contribution in [1.29, 1.82) is 0 Å². The molecule has 1 amide bonds. The van der Waals surface area contributed by atoms with Gasteiger partial charge < -0.3 is 25.4 Å². The number of hydrogen-bond donors (Lipinski definition) is 3. The minimum Gasteiger partial charge on any atom is -0.508 e. The van der Waals surface area contributed by atoms with Crippen LogP contribution in [-0.2, 0) is 11.3 Å². The lowest BCUT2D eigenvalue weighted by molar-refractivity contribution is 0.0193. The van der Waals surface area contributed by atoms with E-state index < -0.39 is 5.60 Å². The molecule has 0 aromatic heterocycles. The molecule has 28 heavy (non-hydrogen) atoms. The Morgan fingerprint density at radius 2 is 2.14 bits per heavy atom. The number of carbonyl (C=O) groups excluding carboxylic acids is 1. The Labute approximate surface area is 185 Å². The second-order valence-electron chi connectivity index (χ2n) is 7.77. The number of halogens is 1. The van der Waals surface area contributed by atoms with Crippen LogP contribution in [0.2, 0.25) is 0 Å². The molecule has 1 unspecified atom stereocenters. The number of ether oxygens (including phenoxy) is 1. The van der Waals surface area contributed by atoms with Crippen molar-refractivity contribution in [3.63, 3.8) is 0 Å². The predicted octanol–water partition coefficient (Wildman–Crippen LogP) is 3.46. The number of rotatable bonds is 4. The van der Waals surface area contributed by atoms with E-state index in [-0.39, 0.29) is 41.9 Å². The van der Waals surface area contributed by atoms with E-state index in [1.807, 2.05) is 33.8 Å². The third kappa shape index (κ3) is 8.53. The molecule has 1 atom stereocenters. The van der Waals surface area contributed by atoms with E-state index in [1.165, 1.54) is 0 Å². The second kappa shape index (κ2) is 11.3. The maximum atomic E-state index is 12.3. The Morgan fingerprint density at radius 3 is 2.79 bits per heavy atom. The largest absolute Gasteiger partial charge is 0.508 e. The SMILES string of the molecule is CCNC(=NCc1cccc(O)c1)NC1CCCN(C(=O)OC(C)(C)C)C1.I. The van der Waals surface area contributed by atoms with Gasteiger partial charge in [0, 0.05) is 25.7 Å². The lowest BCUT2D eigenvalue weighted by Gasteiger charge is -2.35. The van der Waals surface area contributed by atoms with Gasteiger partial charge in [0.25, 0.3) is 0 Å². The zero-order valence-corrected chi connectivity index (χ0v) is 19.5. The summed E-state index contributed by atoms with van der Waals surface area (Å²) in [5, 5.41) is 16.2. The summed E-state index contributed by atoms with van der Waals surface area (Å²) >= 11 is 0. The first-order valence-electron chi connectivity index (χ1n) is 9.57. The summed E-state index contributed by atoms with van der Waals surface area (Å²) in [4.78, 5) is 18.7. The van der Waals surface area contributed by atoms with Crippen LogP contribution in [0, 0.1) is 0 Å². The van der Waals surface area contributed by atoms with E-state index >= 15 is 0 Å². The van der Waals surface area contributed by atoms with Crippen LogP contribution in [0.1, 0.15) is 46.1 Å². The van der Waals surface area contributed by atoms with Gasteiger partial charge in [-0.05, 0) is 58.2 Å². The Balaban J connectivity index is 0.00000392. The van der Waals surface area contributed by atoms with E-state index in [9.17, 15) is 9.90 Å². The van der Waals surface area contributed by atoms with Gasteiger partial charge in [0.1, 0.15) is 11.4 Å². The van der Waals surface area contributed by atoms with Gasteiger partial charge in [-0.25, -0.2) is 9.79 Å². The van der Waals surface area contributed by atoms with E-state index in [0.29, 0.717) is 25.6 Å². The predicted molar refractivity (Wildman–Crippen MR) is 122 cm³/mol. The number of nitrogens with one attached hydrogen (secondary N) is 2. The number of aliphatic imine (C=N–C) groups is 1. The van der Waals surface area contributed by atoms with Crippen molar-refractivity contribution >= 4 is 36.0 Å². The maximum absolute atomic E-state index is 12.3. The second-order valence-corrected chi connectivity index (χ2v) is 7.77. The van der Waals surface area contributed by atoms with Gasteiger partial charge in [-0.2, -0.15) is 0 Å². The third-order valence-electron chi connectivity index (χ3n) is 4.09. The van der Waals surface area contributed by atoms with Gasteiger partial charge in [-0.3, -0.25) is 0 Å². The van der Waals surface area contributed by atoms with Gasteiger partial charge in [-0.15, -0.1) is 24.0 Å². The molecule has 1 fully saturated rings. The first kappa shape index (κ1) is 24.3. The molecule has 0 spiro atoms. The minimum atomic E-state index is -0.491. The van der Waals surface area contributed by atoms with Crippen molar-refractivity contribution in [2.45, 2.75) is 58.7 Å². The molecule has 1 aromatic rings. The number of nitrogens with zero attached hydrogens (tertiary/aromatic N) is 2. The van der Waals surface area contributed by atoms with Crippen LogP contribution in [0.5, 0.6) is 5.75 Å². The summed E-state index contributed by atoms with van der Waals surface area (Å²) < 4.78 is 5.48. The quantitative estimate of drug-likeness (QED) is 0.332. The zero-order valence-electron chi connectivity index (χ0n) is 17.2. The van der Waals surface area contributed by atoms with E-state index in [1.54, 1.807) is 23.1 Å². The summed E-state index contributed by atoms with van der Waals surface area (Å²) in [7, 11) is 0. The molecule has 2 rings (SSSR count). The highest BCUT2D eigenvalue weighted by molar-refractivity contribution is 14.0. The lowest BCUT2D eigenvalue weighted by atomic mass is 10.1. The van der Waals surface area contributed by atoms with Gasteiger partial charge in [0.05, 0.1) is 6.54 Å². The zero-order chi connectivity index (χ0) is 19.9. The van der Waals surface area contributed by atoms with Crippen molar-refractivity contribution in [3.8, 4) is 5.75 Å².